The van der Waals surface area contributed by atoms with Crippen LogP contribution in [0.1, 0.15) is 34.1 Å². The molecule has 1 atom stereocenters. The summed E-state index contributed by atoms with van der Waals surface area (Å²) in [5.74, 6) is -1.13. The van der Waals surface area contributed by atoms with Crippen molar-refractivity contribution >= 4 is 18.0 Å². The van der Waals surface area contributed by atoms with Crippen molar-refractivity contribution in [1.29, 1.82) is 0 Å². The fraction of sp³-hybridized carbons (Fsp3) is 0.667. The summed E-state index contributed by atoms with van der Waals surface area (Å²) in [7, 11) is 3.52. The van der Waals surface area contributed by atoms with Crippen LogP contribution in [0.15, 0.2) is 11.8 Å². The maximum absolute atomic E-state index is 12.4. The fourth-order valence-electron chi connectivity index (χ4n) is 2.05. The van der Waals surface area contributed by atoms with Gasteiger partial charge >= 0.3 is 12.1 Å². The molecule has 0 aromatic carbocycles. The summed E-state index contributed by atoms with van der Waals surface area (Å²) in [5, 5.41) is 0. The molecule has 1 rings (SSSR count). The van der Waals surface area contributed by atoms with E-state index < -0.39 is 29.6 Å². The first-order chi connectivity index (χ1) is 10.1. The molecule has 0 unspecified atom stereocenters. The number of hydrogen-bond donors (Lipinski definition) is 0. The highest BCUT2D eigenvalue weighted by atomic mass is 16.6. The molecule has 0 spiro atoms. The number of carbonyl (C=O) groups excluding carboxylic acids is 3. The topological polar surface area (TPSA) is 76.2 Å². The van der Waals surface area contributed by atoms with E-state index in [1.165, 1.54) is 0 Å². The Bertz CT molecular complexity index is 491. The van der Waals surface area contributed by atoms with Crippen molar-refractivity contribution in [2.45, 2.75) is 45.8 Å². The number of likely N-dealkylation sites (tertiary alicyclic amines) is 1. The van der Waals surface area contributed by atoms with E-state index in [2.05, 4.69) is 0 Å². The van der Waals surface area contributed by atoms with Crippen LogP contribution in [-0.2, 0) is 19.1 Å². The average molecular weight is 312 g/mol. The molecule has 0 N–H and O–H groups in total. The SMILES string of the molecule is CCOC(=O)[C@H]1C/C(=C\N(C)C)C(=O)N1C(=O)OC(C)(C)C. The van der Waals surface area contributed by atoms with Crippen molar-refractivity contribution in [3.05, 3.63) is 11.8 Å². The van der Waals surface area contributed by atoms with Crippen molar-refractivity contribution in [2.75, 3.05) is 20.7 Å². The molecule has 2 amide bonds. The van der Waals surface area contributed by atoms with Crippen LogP contribution in [0.2, 0.25) is 0 Å². The van der Waals surface area contributed by atoms with Crippen LogP contribution in [0.25, 0.3) is 0 Å². The lowest BCUT2D eigenvalue weighted by molar-refractivity contribution is -0.150. The fourth-order valence-corrected chi connectivity index (χ4v) is 2.05. The zero-order chi connectivity index (χ0) is 17.1. The molecule has 0 aliphatic carbocycles. The highest BCUT2D eigenvalue weighted by molar-refractivity contribution is 6.08. The quantitative estimate of drug-likeness (QED) is 0.581. The second-order valence-electron chi connectivity index (χ2n) is 6.25. The molecular formula is C15H24N2O5. The van der Waals surface area contributed by atoms with Crippen molar-refractivity contribution in [2.24, 2.45) is 0 Å². The van der Waals surface area contributed by atoms with E-state index in [0.29, 0.717) is 5.57 Å². The van der Waals surface area contributed by atoms with E-state index in [4.69, 9.17) is 9.47 Å². The summed E-state index contributed by atoms with van der Waals surface area (Å²) in [5.41, 5.74) is -0.390. The van der Waals surface area contributed by atoms with Gasteiger partial charge in [-0.05, 0) is 27.7 Å². The van der Waals surface area contributed by atoms with E-state index in [0.717, 1.165) is 4.90 Å². The Labute approximate surface area is 130 Å². The Kier molecular flexibility index (Phi) is 5.57. The van der Waals surface area contributed by atoms with E-state index in [9.17, 15) is 14.4 Å². The van der Waals surface area contributed by atoms with Crippen LogP contribution in [0.5, 0.6) is 0 Å². The molecule has 7 nitrogen and oxygen atoms in total. The van der Waals surface area contributed by atoms with Gasteiger partial charge in [0, 0.05) is 32.3 Å². The summed E-state index contributed by atoms with van der Waals surface area (Å²) in [6.45, 7) is 6.94. The number of nitrogens with zero attached hydrogens (tertiary/aromatic N) is 2. The molecule has 124 valence electrons. The van der Waals surface area contributed by atoms with Crippen molar-refractivity contribution in [1.82, 2.24) is 9.80 Å². The Hall–Kier alpha value is -2.05. The van der Waals surface area contributed by atoms with Gasteiger partial charge in [-0.1, -0.05) is 0 Å². The van der Waals surface area contributed by atoms with E-state index in [1.54, 1.807) is 52.9 Å². The molecule has 1 aliphatic heterocycles. The lowest BCUT2D eigenvalue weighted by Gasteiger charge is -2.26. The molecule has 7 heteroatoms. The molecule has 0 aromatic heterocycles. The van der Waals surface area contributed by atoms with Gasteiger partial charge in [0.1, 0.15) is 11.6 Å². The van der Waals surface area contributed by atoms with Gasteiger partial charge in [0.15, 0.2) is 0 Å². The standard InChI is InChI=1S/C15H24N2O5/c1-7-21-13(19)11-8-10(9-16(5)6)12(18)17(11)14(20)22-15(2,3)4/h9,11H,7-8H2,1-6H3/b10-9+/t11-/m1/s1. The first-order valence-corrected chi connectivity index (χ1v) is 7.17. The third-order valence-corrected chi connectivity index (χ3v) is 2.78. The smallest absolute Gasteiger partial charge is 0.418 e. The number of esters is 1. The number of amides is 2. The van der Waals surface area contributed by atoms with Gasteiger partial charge in [0.2, 0.25) is 0 Å². The molecule has 1 saturated heterocycles. The van der Waals surface area contributed by atoms with Crippen LogP contribution in [0, 0.1) is 0 Å². The highest BCUT2D eigenvalue weighted by Crippen LogP contribution is 2.27. The Balaban J connectivity index is 3.09. The van der Waals surface area contributed by atoms with Gasteiger partial charge in [-0.2, -0.15) is 0 Å². The second kappa shape index (κ2) is 6.81. The molecule has 0 bridgehead atoms. The molecule has 1 fully saturated rings. The van der Waals surface area contributed by atoms with Gasteiger partial charge in [0.05, 0.1) is 6.61 Å². The molecule has 1 heterocycles. The van der Waals surface area contributed by atoms with E-state index in [1.807, 2.05) is 0 Å². The predicted octanol–water partition coefficient (Wildman–Crippen LogP) is 1.53. The zero-order valence-corrected chi connectivity index (χ0v) is 14.0. The van der Waals surface area contributed by atoms with Crippen molar-refractivity contribution in [3.63, 3.8) is 0 Å². The Morgan fingerprint density at radius 3 is 2.41 bits per heavy atom. The second-order valence-corrected chi connectivity index (χ2v) is 6.25. The van der Waals surface area contributed by atoms with Gasteiger partial charge < -0.3 is 14.4 Å². The number of imide groups is 1. The number of rotatable bonds is 3. The summed E-state index contributed by atoms with van der Waals surface area (Å²) >= 11 is 0. The summed E-state index contributed by atoms with van der Waals surface area (Å²) < 4.78 is 10.2. The lowest BCUT2D eigenvalue weighted by Crippen LogP contribution is -2.46. The summed E-state index contributed by atoms with van der Waals surface area (Å²) in [6.07, 6.45) is 0.881. The minimum Gasteiger partial charge on any atom is -0.464 e. The summed E-state index contributed by atoms with van der Waals surface area (Å²) in [6, 6.07) is -0.978. The Morgan fingerprint density at radius 1 is 1.36 bits per heavy atom. The third-order valence-electron chi connectivity index (χ3n) is 2.78. The monoisotopic (exact) mass is 312 g/mol. The molecule has 0 aromatic rings. The van der Waals surface area contributed by atoms with Crippen LogP contribution in [-0.4, -0.2) is 60.1 Å². The molecule has 0 radical (unpaired) electrons. The van der Waals surface area contributed by atoms with Crippen molar-refractivity contribution < 1.29 is 23.9 Å². The van der Waals surface area contributed by atoms with Crippen LogP contribution in [0.4, 0.5) is 4.79 Å². The molecule has 22 heavy (non-hydrogen) atoms. The van der Waals surface area contributed by atoms with Gasteiger partial charge in [0.25, 0.3) is 5.91 Å². The van der Waals surface area contributed by atoms with Gasteiger partial charge in [-0.3, -0.25) is 4.79 Å². The Morgan fingerprint density at radius 2 is 1.95 bits per heavy atom. The largest absolute Gasteiger partial charge is 0.464 e. The maximum Gasteiger partial charge on any atom is 0.418 e. The van der Waals surface area contributed by atoms with Gasteiger partial charge in [-0.15, -0.1) is 0 Å². The third kappa shape index (κ3) is 4.47. The maximum atomic E-state index is 12.4. The van der Waals surface area contributed by atoms with Crippen LogP contribution >= 0.6 is 0 Å². The zero-order valence-electron chi connectivity index (χ0n) is 14.0. The van der Waals surface area contributed by atoms with Crippen LogP contribution < -0.4 is 0 Å². The first-order valence-electron chi connectivity index (χ1n) is 7.17. The minimum absolute atomic E-state index is 0.120. The molecule has 1 aliphatic rings. The number of ether oxygens (including phenoxy) is 2. The van der Waals surface area contributed by atoms with E-state index >= 15 is 0 Å². The summed E-state index contributed by atoms with van der Waals surface area (Å²) in [4.78, 5) is 39.2. The van der Waals surface area contributed by atoms with E-state index in [-0.39, 0.29) is 13.0 Å². The normalized spacial score (nSPS) is 20.3. The highest BCUT2D eigenvalue weighted by Gasteiger charge is 2.46. The van der Waals surface area contributed by atoms with Crippen LogP contribution in [0.3, 0.4) is 0 Å². The first kappa shape index (κ1) is 18.0. The predicted molar refractivity (Wildman–Crippen MR) is 79.9 cm³/mol. The average Bonchev–Trinajstić information content (AvgIpc) is 2.64. The van der Waals surface area contributed by atoms with Crippen molar-refractivity contribution in [3.8, 4) is 0 Å². The number of hydrogen-bond acceptors (Lipinski definition) is 6. The molecule has 0 saturated carbocycles. The minimum atomic E-state index is -0.978. The lowest BCUT2D eigenvalue weighted by atomic mass is 10.1. The number of carbonyl (C=O) groups is 3. The van der Waals surface area contributed by atoms with Gasteiger partial charge in [-0.25, -0.2) is 14.5 Å². The molecular weight excluding hydrogens is 288 g/mol.